The normalized spacial score (nSPS) is 9.95. The average Bonchev–Trinajstić information content (AvgIpc) is 2.54. The number of ether oxygens (including phenoxy) is 3. The van der Waals surface area contributed by atoms with Crippen LogP contribution in [0.4, 0.5) is 0 Å². The number of para-hydroxylation sites is 1. The molecule has 0 aliphatic heterocycles. The van der Waals surface area contributed by atoms with E-state index in [2.05, 4.69) is 20.7 Å². The van der Waals surface area contributed by atoms with Crippen molar-refractivity contribution >= 4 is 27.9 Å². The lowest BCUT2D eigenvalue weighted by Gasteiger charge is -2.09. The molecule has 0 radical (unpaired) electrons. The SMILES string of the molecule is COC(=O)c1ccccc1OC(=O)c1ccc(OC)c(Br)c1. The van der Waals surface area contributed by atoms with Crippen LogP contribution in [0.15, 0.2) is 46.9 Å². The van der Waals surface area contributed by atoms with Crippen LogP contribution in [0, 0.1) is 0 Å². The third-order valence-electron chi connectivity index (χ3n) is 2.88. The molecule has 0 spiro atoms. The summed E-state index contributed by atoms with van der Waals surface area (Å²) in [5.41, 5.74) is 0.512. The molecule has 0 aliphatic carbocycles. The number of halogens is 1. The first-order chi connectivity index (χ1) is 10.6. The number of carbonyl (C=O) groups is 2. The van der Waals surface area contributed by atoms with Gasteiger partial charge in [-0.3, -0.25) is 0 Å². The fraction of sp³-hybridized carbons (Fsp3) is 0.125. The number of rotatable bonds is 4. The molecule has 5 nitrogen and oxygen atoms in total. The molecular formula is C16H13BrO5. The highest BCUT2D eigenvalue weighted by Crippen LogP contribution is 2.26. The topological polar surface area (TPSA) is 61.8 Å². The second-order valence-electron chi connectivity index (χ2n) is 4.23. The molecule has 0 saturated heterocycles. The Labute approximate surface area is 135 Å². The Bertz CT molecular complexity index is 711. The molecule has 0 heterocycles. The average molecular weight is 365 g/mol. The number of esters is 2. The van der Waals surface area contributed by atoms with Gasteiger partial charge in [0.05, 0.1) is 24.3 Å². The van der Waals surface area contributed by atoms with Crippen molar-refractivity contribution in [1.29, 1.82) is 0 Å². The van der Waals surface area contributed by atoms with Crippen molar-refractivity contribution < 1.29 is 23.8 Å². The maximum Gasteiger partial charge on any atom is 0.343 e. The lowest BCUT2D eigenvalue weighted by Crippen LogP contribution is -2.12. The molecule has 2 rings (SSSR count). The predicted octanol–water partition coefficient (Wildman–Crippen LogP) is 3.46. The largest absolute Gasteiger partial charge is 0.496 e. The minimum atomic E-state index is -0.584. The zero-order valence-electron chi connectivity index (χ0n) is 12.0. The lowest BCUT2D eigenvalue weighted by atomic mass is 10.2. The summed E-state index contributed by atoms with van der Waals surface area (Å²) in [7, 11) is 2.80. The smallest absolute Gasteiger partial charge is 0.343 e. The molecule has 0 aromatic heterocycles. The van der Waals surface area contributed by atoms with Gasteiger partial charge in [-0.25, -0.2) is 9.59 Å². The van der Waals surface area contributed by atoms with Crippen molar-refractivity contribution in [3.05, 3.63) is 58.1 Å². The van der Waals surface area contributed by atoms with Gasteiger partial charge in [0.2, 0.25) is 0 Å². The zero-order chi connectivity index (χ0) is 16.1. The van der Waals surface area contributed by atoms with E-state index in [1.807, 2.05) is 0 Å². The summed E-state index contributed by atoms with van der Waals surface area (Å²) in [4.78, 5) is 23.8. The molecule has 0 saturated carbocycles. The summed E-state index contributed by atoms with van der Waals surface area (Å²) in [6, 6.07) is 11.2. The molecule has 0 atom stereocenters. The molecule has 0 unspecified atom stereocenters. The zero-order valence-corrected chi connectivity index (χ0v) is 13.5. The van der Waals surface area contributed by atoms with Gasteiger partial charge in [-0.2, -0.15) is 0 Å². The van der Waals surface area contributed by atoms with Crippen LogP contribution in [0.1, 0.15) is 20.7 Å². The number of hydrogen-bond acceptors (Lipinski definition) is 5. The third-order valence-corrected chi connectivity index (χ3v) is 3.50. The van der Waals surface area contributed by atoms with Crippen LogP contribution in [0.5, 0.6) is 11.5 Å². The summed E-state index contributed by atoms with van der Waals surface area (Å²) >= 11 is 3.30. The molecule has 6 heteroatoms. The first-order valence-electron chi connectivity index (χ1n) is 6.30. The maximum atomic E-state index is 12.2. The van der Waals surface area contributed by atoms with Crippen molar-refractivity contribution in [3.63, 3.8) is 0 Å². The Morgan fingerprint density at radius 1 is 0.955 bits per heavy atom. The van der Waals surface area contributed by atoms with Crippen LogP contribution < -0.4 is 9.47 Å². The van der Waals surface area contributed by atoms with Crippen LogP contribution in [0.3, 0.4) is 0 Å². The Kier molecular flexibility index (Phi) is 5.16. The summed E-state index contributed by atoms with van der Waals surface area (Å²) in [6.45, 7) is 0. The van der Waals surface area contributed by atoms with Crippen LogP contribution >= 0.6 is 15.9 Å². The van der Waals surface area contributed by atoms with E-state index in [-0.39, 0.29) is 11.3 Å². The molecule has 0 amide bonds. The molecule has 2 aromatic carbocycles. The summed E-state index contributed by atoms with van der Waals surface area (Å²) in [6.07, 6.45) is 0. The van der Waals surface area contributed by atoms with Crippen LogP contribution in [0.25, 0.3) is 0 Å². The Morgan fingerprint density at radius 2 is 1.68 bits per heavy atom. The fourth-order valence-corrected chi connectivity index (χ4v) is 2.33. The summed E-state index contributed by atoms with van der Waals surface area (Å²) in [5.74, 6) is -0.406. The number of carbonyl (C=O) groups excluding carboxylic acids is 2. The van der Waals surface area contributed by atoms with E-state index >= 15 is 0 Å². The minimum absolute atomic E-state index is 0.145. The van der Waals surface area contributed by atoms with Gasteiger partial charge < -0.3 is 14.2 Å². The van der Waals surface area contributed by atoms with Crippen molar-refractivity contribution in [2.75, 3.05) is 14.2 Å². The molecule has 0 N–H and O–H groups in total. The Hall–Kier alpha value is -2.34. The van der Waals surface area contributed by atoms with E-state index < -0.39 is 11.9 Å². The van der Waals surface area contributed by atoms with Crippen molar-refractivity contribution in [2.24, 2.45) is 0 Å². The van der Waals surface area contributed by atoms with Crippen LogP contribution in [-0.4, -0.2) is 26.2 Å². The van der Waals surface area contributed by atoms with E-state index in [1.54, 1.807) is 30.3 Å². The first-order valence-corrected chi connectivity index (χ1v) is 7.09. The van der Waals surface area contributed by atoms with E-state index in [0.717, 1.165) is 0 Å². The van der Waals surface area contributed by atoms with E-state index in [4.69, 9.17) is 9.47 Å². The standard InChI is InChI=1S/C16H13BrO5/c1-20-14-8-7-10(9-12(14)17)15(18)22-13-6-4-3-5-11(13)16(19)21-2/h3-9H,1-2H3. The lowest BCUT2D eigenvalue weighted by molar-refractivity contribution is 0.0593. The van der Waals surface area contributed by atoms with E-state index in [0.29, 0.717) is 15.8 Å². The number of methoxy groups -OCH3 is 2. The second-order valence-corrected chi connectivity index (χ2v) is 5.08. The Balaban J connectivity index is 2.26. The highest BCUT2D eigenvalue weighted by atomic mass is 79.9. The van der Waals surface area contributed by atoms with Crippen LogP contribution in [-0.2, 0) is 4.74 Å². The van der Waals surface area contributed by atoms with Gasteiger partial charge in [0.15, 0.2) is 0 Å². The predicted molar refractivity (Wildman–Crippen MR) is 83.4 cm³/mol. The molecule has 0 fully saturated rings. The van der Waals surface area contributed by atoms with E-state index in [9.17, 15) is 9.59 Å². The summed E-state index contributed by atoms with van der Waals surface area (Å²) in [5, 5.41) is 0. The molecule has 0 aliphatic rings. The number of hydrogen-bond donors (Lipinski definition) is 0. The van der Waals surface area contributed by atoms with Gasteiger partial charge >= 0.3 is 11.9 Å². The monoisotopic (exact) mass is 364 g/mol. The molecule has 114 valence electrons. The first kappa shape index (κ1) is 16.0. The van der Waals surface area contributed by atoms with Gasteiger partial charge in [-0.1, -0.05) is 12.1 Å². The highest BCUT2D eigenvalue weighted by Gasteiger charge is 2.17. The quantitative estimate of drug-likeness (QED) is 0.613. The van der Waals surface area contributed by atoms with Gasteiger partial charge in [0, 0.05) is 0 Å². The molecular weight excluding hydrogens is 352 g/mol. The van der Waals surface area contributed by atoms with Crippen molar-refractivity contribution in [3.8, 4) is 11.5 Å². The van der Waals surface area contributed by atoms with Gasteiger partial charge in [0.25, 0.3) is 0 Å². The van der Waals surface area contributed by atoms with E-state index in [1.165, 1.54) is 26.4 Å². The fourth-order valence-electron chi connectivity index (χ4n) is 1.79. The molecule has 22 heavy (non-hydrogen) atoms. The number of benzene rings is 2. The van der Waals surface area contributed by atoms with Crippen molar-refractivity contribution in [1.82, 2.24) is 0 Å². The minimum Gasteiger partial charge on any atom is -0.496 e. The maximum absolute atomic E-state index is 12.2. The summed E-state index contributed by atoms with van der Waals surface area (Å²) < 4.78 is 15.7. The molecule has 2 aromatic rings. The van der Waals surface area contributed by atoms with Gasteiger partial charge in [0.1, 0.15) is 17.1 Å². The third kappa shape index (κ3) is 3.46. The second kappa shape index (κ2) is 7.09. The van der Waals surface area contributed by atoms with Gasteiger partial charge in [-0.15, -0.1) is 0 Å². The highest BCUT2D eigenvalue weighted by molar-refractivity contribution is 9.10. The molecule has 0 bridgehead atoms. The Morgan fingerprint density at radius 3 is 2.32 bits per heavy atom. The van der Waals surface area contributed by atoms with Crippen LogP contribution in [0.2, 0.25) is 0 Å². The van der Waals surface area contributed by atoms with Crippen molar-refractivity contribution in [2.45, 2.75) is 0 Å². The van der Waals surface area contributed by atoms with Gasteiger partial charge in [-0.05, 0) is 46.3 Å².